The number of para-hydroxylation sites is 2. The van der Waals surface area contributed by atoms with Crippen molar-refractivity contribution in [1.82, 2.24) is 20.6 Å². The minimum atomic E-state index is -0.141. The Bertz CT molecular complexity index is 840. The van der Waals surface area contributed by atoms with Crippen LogP contribution in [0.1, 0.15) is 31.2 Å². The van der Waals surface area contributed by atoms with Crippen LogP contribution in [0, 0.1) is 0 Å². The standard InChI is InChI=1S/C21H26N4O2/c1-15(8-9-16-10-12-17(26)13-11-16)23-21(27)22-14-4-7-20-24-18-5-2-3-6-19(18)25-20/h2-3,5-6,10-13,15,26H,4,7-9,14H2,1H3,(H,24,25)(H2,22,23,27)/t15-/m1/s1. The predicted molar refractivity (Wildman–Crippen MR) is 107 cm³/mol. The molecule has 6 nitrogen and oxygen atoms in total. The number of amides is 2. The van der Waals surface area contributed by atoms with Crippen LogP contribution in [0.5, 0.6) is 5.75 Å². The lowest BCUT2D eigenvalue weighted by molar-refractivity contribution is 0.237. The molecule has 0 spiro atoms. The van der Waals surface area contributed by atoms with E-state index in [1.807, 2.05) is 43.3 Å². The van der Waals surface area contributed by atoms with Crippen LogP contribution in [-0.2, 0) is 12.8 Å². The third kappa shape index (κ3) is 5.74. The molecule has 0 unspecified atom stereocenters. The number of nitrogens with zero attached hydrogens (tertiary/aromatic N) is 1. The maximum absolute atomic E-state index is 12.0. The number of hydrogen-bond donors (Lipinski definition) is 4. The minimum absolute atomic E-state index is 0.0779. The number of nitrogens with one attached hydrogen (secondary N) is 3. The molecule has 3 aromatic rings. The van der Waals surface area contributed by atoms with Gasteiger partial charge in [0.05, 0.1) is 11.0 Å². The molecule has 3 rings (SSSR count). The normalized spacial score (nSPS) is 12.0. The predicted octanol–water partition coefficient (Wildman–Crippen LogP) is 3.52. The number of aromatic amines is 1. The van der Waals surface area contributed by atoms with E-state index >= 15 is 0 Å². The number of urea groups is 1. The number of aromatic nitrogens is 2. The molecule has 2 amide bonds. The van der Waals surface area contributed by atoms with Crippen LogP contribution in [0.4, 0.5) is 4.79 Å². The molecule has 1 atom stereocenters. The summed E-state index contributed by atoms with van der Waals surface area (Å²) in [5.74, 6) is 1.22. The van der Waals surface area contributed by atoms with E-state index in [1.165, 1.54) is 0 Å². The number of aromatic hydroxyl groups is 1. The average Bonchev–Trinajstić information content (AvgIpc) is 3.07. The monoisotopic (exact) mass is 366 g/mol. The highest BCUT2D eigenvalue weighted by Crippen LogP contribution is 2.12. The number of imidazole rings is 1. The van der Waals surface area contributed by atoms with Crippen LogP contribution < -0.4 is 10.6 Å². The van der Waals surface area contributed by atoms with Crippen molar-refractivity contribution in [2.75, 3.05) is 6.54 Å². The van der Waals surface area contributed by atoms with Crippen LogP contribution in [0.25, 0.3) is 11.0 Å². The Hall–Kier alpha value is -3.02. The molecule has 1 aromatic heterocycles. The summed E-state index contributed by atoms with van der Waals surface area (Å²) in [6.07, 6.45) is 3.32. The molecular formula is C21H26N4O2. The fourth-order valence-corrected chi connectivity index (χ4v) is 2.97. The topological polar surface area (TPSA) is 90.0 Å². The molecule has 2 aromatic carbocycles. The first-order chi connectivity index (χ1) is 13.1. The zero-order chi connectivity index (χ0) is 19.1. The summed E-state index contributed by atoms with van der Waals surface area (Å²) < 4.78 is 0. The summed E-state index contributed by atoms with van der Waals surface area (Å²) in [6, 6.07) is 15.1. The Kier molecular flexibility index (Phi) is 6.30. The molecule has 27 heavy (non-hydrogen) atoms. The van der Waals surface area contributed by atoms with E-state index in [4.69, 9.17) is 0 Å². The van der Waals surface area contributed by atoms with E-state index in [0.717, 1.165) is 48.1 Å². The summed E-state index contributed by atoms with van der Waals surface area (Å²) in [7, 11) is 0. The number of aryl methyl sites for hydroxylation is 2. The zero-order valence-corrected chi connectivity index (χ0v) is 15.5. The zero-order valence-electron chi connectivity index (χ0n) is 15.5. The number of rotatable bonds is 8. The SMILES string of the molecule is C[C@H](CCc1ccc(O)cc1)NC(=O)NCCCc1nc2ccccc2[nH]1. The van der Waals surface area contributed by atoms with Gasteiger partial charge in [0.2, 0.25) is 0 Å². The fourth-order valence-electron chi connectivity index (χ4n) is 2.97. The van der Waals surface area contributed by atoms with Crippen molar-refractivity contribution in [2.45, 2.75) is 38.6 Å². The van der Waals surface area contributed by atoms with E-state index in [2.05, 4.69) is 20.6 Å². The Morgan fingerprint density at radius 1 is 1.15 bits per heavy atom. The second-order valence-corrected chi connectivity index (χ2v) is 6.81. The smallest absolute Gasteiger partial charge is 0.314 e. The van der Waals surface area contributed by atoms with Crippen LogP contribution in [0.2, 0.25) is 0 Å². The Balaban J connectivity index is 1.32. The summed E-state index contributed by atoms with van der Waals surface area (Å²) in [5, 5.41) is 15.2. The van der Waals surface area contributed by atoms with E-state index in [0.29, 0.717) is 6.54 Å². The summed E-state index contributed by atoms with van der Waals surface area (Å²) in [4.78, 5) is 19.8. The van der Waals surface area contributed by atoms with Gasteiger partial charge in [0, 0.05) is 19.0 Å². The molecule has 0 aliphatic carbocycles. The molecule has 0 aliphatic rings. The lowest BCUT2D eigenvalue weighted by Gasteiger charge is -2.14. The lowest BCUT2D eigenvalue weighted by Crippen LogP contribution is -2.41. The Morgan fingerprint density at radius 2 is 1.93 bits per heavy atom. The van der Waals surface area contributed by atoms with Gasteiger partial charge in [-0.1, -0.05) is 24.3 Å². The van der Waals surface area contributed by atoms with Gasteiger partial charge in [-0.25, -0.2) is 9.78 Å². The number of phenols is 1. The molecule has 0 saturated carbocycles. The second kappa shape index (κ2) is 9.07. The molecule has 0 radical (unpaired) electrons. The van der Waals surface area contributed by atoms with Crippen molar-refractivity contribution in [3.8, 4) is 5.75 Å². The van der Waals surface area contributed by atoms with Crippen LogP contribution in [0.15, 0.2) is 48.5 Å². The summed E-state index contributed by atoms with van der Waals surface area (Å²) in [6.45, 7) is 2.60. The second-order valence-electron chi connectivity index (χ2n) is 6.81. The lowest BCUT2D eigenvalue weighted by atomic mass is 10.1. The first kappa shape index (κ1) is 18.8. The van der Waals surface area contributed by atoms with Gasteiger partial charge in [0.1, 0.15) is 11.6 Å². The van der Waals surface area contributed by atoms with Gasteiger partial charge < -0.3 is 20.7 Å². The fraction of sp³-hybridized carbons (Fsp3) is 0.333. The van der Waals surface area contributed by atoms with Crippen LogP contribution >= 0.6 is 0 Å². The van der Waals surface area contributed by atoms with Gasteiger partial charge in [-0.15, -0.1) is 0 Å². The van der Waals surface area contributed by atoms with Crippen molar-refractivity contribution in [1.29, 1.82) is 0 Å². The number of fused-ring (bicyclic) bond motifs is 1. The maximum atomic E-state index is 12.0. The number of H-pyrrole nitrogens is 1. The van der Waals surface area contributed by atoms with E-state index < -0.39 is 0 Å². The molecule has 0 fully saturated rings. The van der Waals surface area contributed by atoms with Crippen molar-refractivity contribution in [3.63, 3.8) is 0 Å². The Morgan fingerprint density at radius 3 is 2.70 bits per heavy atom. The first-order valence-corrected chi connectivity index (χ1v) is 9.36. The number of hydrogen-bond acceptors (Lipinski definition) is 3. The molecular weight excluding hydrogens is 340 g/mol. The average molecular weight is 366 g/mol. The van der Waals surface area contributed by atoms with Crippen LogP contribution in [-0.4, -0.2) is 33.7 Å². The van der Waals surface area contributed by atoms with Crippen molar-refractivity contribution < 1.29 is 9.90 Å². The van der Waals surface area contributed by atoms with E-state index in [1.54, 1.807) is 12.1 Å². The number of carbonyl (C=O) groups is 1. The van der Waals surface area contributed by atoms with Gasteiger partial charge in [-0.05, 0) is 56.0 Å². The van der Waals surface area contributed by atoms with E-state index in [9.17, 15) is 9.90 Å². The molecule has 0 aliphatic heterocycles. The highest BCUT2D eigenvalue weighted by molar-refractivity contribution is 5.75. The number of carbonyl (C=O) groups excluding carboxylic acids is 1. The van der Waals surface area contributed by atoms with Gasteiger partial charge in [0.25, 0.3) is 0 Å². The van der Waals surface area contributed by atoms with Crippen LogP contribution in [0.3, 0.4) is 0 Å². The third-order valence-corrected chi connectivity index (χ3v) is 4.49. The van der Waals surface area contributed by atoms with Crippen molar-refractivity contribution in [2.24, 2.45) is 0 Å². The summed E-state index contributed by atoms with van der Waals surface area (Å²) >= 11 is 0. The van der Waals surface area contributed by atoms with Crippen molar-refractivity contribution >= 4 is 17.1 Å². The molecule has 0 saturated heterocycles. The largest absolute Gasteiger partial charge is 0.508 e. The van der Waals surface area contributed by atoms with Gasteiger partial charge in [0.15, 0.2) is 0 Å². The van der Waals surface area contributed by atoms with Gasteiger partial charge >= 0.3 is 6.03 Å². The van der Waals surface area contributed by atoms with E-state index in [-0.39, 0.29) is 17.8 Å². The van der Waals surface area contributed by atoms with Crippen molar-refractivity contribution in [3.05, 3.63) is 59.9 Å². The Labute approximate surface area is 159 Å². The number of benzene rings is 2. The number of phenolic OH excluding ortho intramolecular Hbond substituents is 1. The maximum Gasteiger partial charge on any atom is 0.314 e. The van der Waals surface area contributed by atoms with Gasteiger partial charge in [-0.3, -0.25) is 0 Å². The third-order valence-electron chi connectivity index (χ3n) is 4.49. The molecule has 6 heteroatoms. The molecule has 0 bridgehead atoms. The minimum Gasteiger partial charge on any atom is -0.508 e. The highest BCUT2D eigenvalue weighted by Gasteiger charge is 2.07. The van der Waals surface area contributed by atoms with Gasteiger partial charge in [-0.2, -0.15) is 0 Å². The molecule has 142 valence electrons. The molecule has 4 N–H and O–H groups in total. The highest BCUT2D eigenvalue weighted by atomic mass is 16.3. The summed E-state index contributed by atoms with van der Waals surface area (Å²) in [5.41, 5.74) is 3.16. The quantitative estimate of drug-likeness (QED) is 0.460. The first-order valence-electron chi connectivity index (χ1n) is 9.36. The molecule has 1 heterocycles.